The number of amides is 1. The Balaban J connectivity index is 1.46. The van der Waals surface area contributed by atoms with Crippen LogP contribution in [0, 0.1) is 0 Å². The van der Waals surface area contributed by atoms with Crippen LogP contribution >= 0.6 is 0 Å². The Kier molecular flexibility index (Phi) is 5.67. The van der Waals surface area contributed by atoms with Crippen LogP contribution in [0.1, 0.15) is 37.3 Å². The number of likely N-dealkylation sites (tertiary alicyclic amines) is 1. The van der Waals surface area contributed by atoms with E-state index < -0.39 is 5.69 Å². The van der Waals surface area contributed by atoms with Crippen molar-refractivity contribution in [2.45, 2.75) is 38.3 Å². The highest BCUT2D eigenvalue weighted by molar-refractivity contribution is 5.77. The van der Waals surface area contributed by atoms with Crippen molar-refractivity contribution in [1.82, 2.24) is 23.6 Å². The second-order valence-corrected chi connectivity index (χ2v) is 7.94. The summed E-state index contributed by atoms with van der Waals surface area (Å²) in [7, 11) is 4.69. The third kappa shape index (κ3) is 3.75. The second-order valence-electron chi connectivity index (χ2n) is 7.94. The molecule has 1 aromatic carbocycles. The lowest BCUT2D eigenvalue weighted by Crippen LogP contribution is -2.37. The van der Waals surface area contributed by atoms with Gasteiger partial charge in [-0.15, -0.1) is 0 Å². The first kappa shape index (κ1) is 20.9. The average Bonchev–Trinajstić information content (AvgIpc) is 3.44. The van der Waals surface area contributed by atoms with Gasteiger partial charge in [-0.25, -0.2) is 9.78 Å². The molecule has 4 rings (SSSR count). The van der Waals surface area contributed by atoms with Gasteiger partial charge in [0.15, 0.2) is 11.2 Å². The minimum atomic E-state index is -0.407. The van der Waals surface area contributed by atoms with Crippen molar-refractivity contribution in [3.8, 4) is 5.75 Å². The Bertz CT molecular complexity index is 1240. The third-order valence-electron chi connectivity index (χ3n) is 6.06. The minimum Gasteiger partial charge on any atom is -0.497 e. The van der Waals surface area contributed by atoms with Crippen LogP contribution in [0.3, 0.4) is 0 Å². The molecular weight excluding hydrogens is 398 g/mol. The highest BCUT2D eigenvalue weighted by atomic mass is 16.5. The van der Waals surface area contributed by atoms with Crippen molar-refractivity contribution < 1.29 is 9.53 Å². The molecule has 0 N–H and O–H groups in total. The number of benzene rings is 1. The molecular formula is C22H27N5O4. The summed E-state index contributed by atoms with van der Waals surface area (Å²) in [5.74, 6) is 0.898. The largest absolute Gasteiger partial charge is 0.497 e. The lowest BCUT2D eigenvalue weighted by atomic mass is 10.0. The lowest BCUT2D eigenvalue weighted by molar-refractivity contribution is -0.132. The van der Waals surface area contributed by atoms with Crippen molar-refractivity contribution in [1.29, 1.82) is 0 Å². The van der Waals surface area contributed by atoms with Crippen molar-refractivity contribution in [3.05, 3.63) is 57.0 Å². The molecule has 0 saturated carbocycles. The predicted octanol–water partition coefficient (Wildman–Crippen LogP) is 1.59. The molecule has 9 heteroatoms. The molecule has 1 amide bonds. The van der Waals surface area contributed by atoms with Gasteiger partial charge < -0.3 is 14.2 Å². The number of fused-ring (bicyclic) bond motifs is 1. The Morgan fingerprint density at radius 3 is 2.81 bits per heavy atom. The quantitative estimate of drug-likeness (QED) is 0.598. The van der Waals surface area contributed by atoms with E-state index in [4.69, 9.17) is 4.74 Å². The van der Waals surface area contributed by atoms with Crippen molar-refractivity contribution in [2.24, 2.45) is 14.1 Å². The van der Waals surface area contributed by atoms with E-state index in [9.17, 15) is 14.4 Å². The second kappa shape index (κ2) is 8.41. The van der Waals surface area contributed by atoms with Crippen molar-refractivity contribution in [2.75, 3.05) is 13.7 Å². The molecule has 0 aliphatic carbocycles. The van der Waals surface area contributed by atoms with Crippen molar-refractivity contribution >= 4 is 17.1 Å². The average molecular weight is 425 g/mol. The molecule has 0 radical (unpaired) electrons. The number of aromatic nitrogens is 4. The van der Waals surface area contributed by atoms with Gasteiger partial charge in [0.1, 0.15) is 5.75 Å². The van der Waals surface area contributed by atoms with Gasteiger partial charge in [0, 0.05) is 33.6 Å². The molecule has 3 aromatic rings. The fourth-order valence-electron chi connectivity index (χ4n) is 4.37. The number of rotatable bonds is 6. The topological polar surface area (TPSA) is 91.4 Å². The smallest absolute Gasteiger partial charge is 0.332 e. The number of aryl methyl sites for hydroxylation is 2. The van der Waals surface area contributed by atoms with E-state index in [1.807, 2.05) is 29.2 Å². The molecule has 2 aromatic heterocycles. The molecule has 1 fully saturated rings. The molecule has 0 spiro atoms. The molecule has 9 nitrogen and oxygen atoms in total. The van der Waals surface area contributed by atoms with Crippen LogP contribution in [-0.4, -0.2) is 43.1 Å². The van der Waals surface area contributed by atoms with Crippen LogP contribution in [0.25, 0.3) is 11.2 Å². The van der Waals surface area contributed by atoms with Gasteiger partial charge in [-0.2, -0.15) is 0 Å². The summed E-state index contributed by atoms with van der Waals surface area (Å²) in [6.07, 6.45) is 4.44. The van der Waals surface area contributed by atoms with E-state index in [0.29, 0.717) is 30.6 Å². The Morgan fingerprint density at radius 1 is 1.23 bits per heavy atom. The number of carbonyl (C=O) groups excluding carboxylic acids is 1. The molecule has 1 unspecified atom stereocenters. The summed E-state index contributed by atoms with van der Waals surface area (Å²) in [6, 6.07) is 7.95. The molecule has 0 bridgehead atoms. The maximum Gasteiger partial charge on any atom is 0.332 e. The van der Waals surface area contributed by atoms with Crippen LogP contribution in [-0.2, 0) is 25.4 Å². The maximum atomic E-state index is 13.0. The Labute approximate surface area is 179 Å². The van der Waals surface area contributed by atoms with E-state index in [1.165, 1.54) is 11.6 Å². The van der Waals surface area contributed by atoms with E-state index in [2.05, 4.69) is 4.98 Å². The standard InChI is InChI=1S/C22H27N5O4/c1-24-20-19(21(29)25(2)22(24)30)26(14-23-20)11-6-10-18(28)27-12-5-9-17(27)15-7-4-8-16(13-15)31-3/h4,7-8,13-14,17H,5-6,9-12H2,1-3H3. The first-order valence-corrected chi connectivity index (χ1v) is 10.5. The van der Waals surface area contributed by atoms with Crippen LogP contribution in [0.15, 0.2) is 40.2 Å². The fourth-order valence-corrected chi connectivity index (χ4v) is 4.37. The SMILES string of the molecule is COc1cccc(C2CCCN2C(=O)CCCn2cnc3c2c(=O)n(C)c(=O)n3C)c1. The summed E-state index contributed by atoms with van der Waals surface area (Å²) in [5.41, 5.74) is 1.05. The van der Waals surface area contributed by atoms with E-state index >= 15 is 0 Å². The number of nitrogens with zero attached hydrogens (tertiary/aromatic N) is 5. The summed E-state index contributed by atoms with van der Waals surface area (Å²) >= 11 is 0. The number of carbonyl (C=O) groups is 1. The molecule has 1 aliphatic rings. The van der Waals surface area contributed by atoms with E-state index in [-0.39, 0.29) is 17.5 Å². The minimum absolute atomic E-state index is 0.0680. The summed E-state index contributed by atoms with van der Waals surface area (Å²) < 4.78 is 9.50. The molecule has 31 heavy (non-hydrogen) atoms. The van der Waals surface area contributed by atoms with Crippen molar-refractivity contribution in [3.63, 3.8) is 0 Å². The number of methoxy groups -OCH3 is 1. The zero-order chi connectivity index (χ0) is 22.1. The number of hydrogen-bond donors (Lipinski definition) is 0. The first-order valence-electron chi connectivity index (χ1n) is 10.5. The molecule has 1 saturated heterocycles. The van der Waals surface area contributed by atoms with Crippen LogP contribution in [0.2, 0.25) is 0 Å². The van der Waals surface area contributed by atoms with Gasteiger partial charge in [-0.1, -0.05) is 12.1 Å². The normalized spacial score (nSPS) is 16.2. The Morgan fingerprint density at radius 2 is 2.03 bits per heavy atom. The van der Waals surface area contributed by atoms with Gasteiger partial charge in [0.05, 0.1) is 19.5 Å². The first-order chi connectivity index (χ1) is 14.9. The molecule has 1 atom stereocenters. The van der Waals surface area contributed by atoms with Gasteiger partial charge in [0.25, 0.3) is 5.56 Å². The summed E-state index contributed by atoms with van der Waals surface area (Å²) in [4.78, 5) is 43.7. The zero-order valence-electron chi connectivity index (χ0n) is 18.1. The predicted molar refractivity (Wildman–Crippen MR) is 116 cm³/mol. The molecule has 1 aliphatic heterocycles. The third-order valence-corrected chi connectivity index (χ3v) is 6.06. The molecule has 3 heterocycles. The van der Waals surface area contributed by atoms with Gasteiger partial charge >= 0.3 is 5.69 Å². The van der Waals surface area contributed by atoms with E-state index in [0.717, 1.165) is 35.3 Å². The van der Waals surface area contributed by atoms with Crippen LogP contribution in [0.4, 0.5) is 0 Å². The van der Waals surface area contributed by atoms with Gasteiger partial charge in [-0.3, -0.25) is 18.7 Å². The fraction of sp³-hybridized carbons (Fsp3) is 0.455. The number of imidazole rings is 1. The number of ether oxygens (including phenoxy) is 1. The highest BCUT2D eigenvalue weighted by Gasteiger charge is 2.29. The van der Waals surface area contributed by atoms with Gasteiger partial charge in [0.2, 0.25) is 5.91 Å². The van der Waals surface area contributed by atoms with Gasteiger partial charge in [-0.05, 0) is 37.0 Å². The summed E-state index contributed by atoms with van der Waals surface area (Å²) in [5, 5.41) is 0. The molecule has 164 valence electrons. The lowest BCUT2D eigenvalue weighted by Gasteiger charge is -2.25. The maximum absolute atomic E-state index is 13.0. The van der Waals surface area contributed by atoms with Crippen LogP contribution in [0.5, 0.6) is 5.75 Å². The highest BCUT2D eigenvalue weighted by Crippen LogP contribution is 2.34. The number of hydrogen-bond acceptors (Lipinski definition) is 5. The Hall–Kier alpha value is -3.36. The zero-order valence-corrected chi connectivity index (χ0v) is 18.1. The van der Waals surface area contributed by atoms with Crippen LogP contribution < -0.4 is 16.0 Å². The monoisotopic (exact) mass is 425 g/mol. The van der Waals surface area contributed by atoms with E-state index in [1.54, 1.807) is 25.1 Å². The summed E-state index contributed by atoms with van der Waals surface area (Å²) in [6.45, 7) is 1.23.